The molecule has 132 valence electrons. The minimum Gasteiger partial charge on any atom is -0.279 e. The van der Waals surface area contributed by atoms with Gasteiger partial charge in [0.25, 0.3) is 15.7 Å². The molecule has 7 nitrogen and oxygen atoms in total. The molecule has 25 heavy (non-hydrogen) atoms. The number of sulfonamides is 1. The Bertz CT molecular complexity index is 943. The van der Waals surface area contributed by atoms with Crippen molar-refractivity contribution in [2.75, 3.05) is 10.8 Å². The molecule has 0 bridgehead atoms. The highest BCUT2D eigenvalue weighted by Gasteiger charge is 2.29. The Balaban J connectivity index is 2.64. The van der Waals surface area contributed by atoms with Gasteiger partial charge in [-0.05, 0) is 48.7 Å². The zero-order valence-electron chi connectivity index (χ0n) is 13.5. The molecule has 0 aliphatic rings. The normalized spacial score (nSPS) is 11.2. The maximum atomic E-state index is 13.0. The number of nitro benzene ring substituents is 1. The number of hydrogen-bond donors (Lipinski definition) is 0. The molecular weight excluding hydrogens is 368 g/mol. The van der Waals surface area contributed by atoms with Gasteiger partial charge in [-0.15, -0.1) is 0 Å². The summed E-state index contributed by atoms with van der Waals surface area (Å²) in [4.78, 5) is 21.4. The van der Waals surface area contributed by atoms with Crippen LogP contribution in [0.25, 0.3) is 0 Å². The Morgan fingerprint density at radius 2 is 1.88 bits per heavy atom. The number of hydrogen-bond acceptors (Lipinski definition) is 5. The molecule has 0 aliphatic heterocycles. The number of anilines is 1. The number of carbonyl (C=O) groups excluding carboxylic acids is 1. The summed E-state index contributed by atoms with van der Waals surface area (Å²) in [6.07, 6.45) is 0. The van der Waals surface area contributed by atoms with E-state index in [1.807, 2.05) is 0 Å². The molecule has 2 aromatic rings. The minimum atomic E-state index is -4.22. The summed E-state index contributed by atoms with van der Waals surface area (Å²) in [5, 5.41) is 10.1. The van der Waals surface area contributed by atoms with E-state index in [0.717, 1.165) is 15.9 Å². The molecule has 0 N–H and O–H groups in total. The van der Waals surface area contributed by atoms with Crippen molar-refractivity contribution in [2.45, 2.75) is 18.7 Å². The van der Waals surface area contributed by atoms with Gasteiger partial charge in [-0.25, -0.2) is 8.42 Å². The Labute approximate surface area is 150 Å². The standard InChI is InChI=1S/C16H15ClN2O5S/c1-11-6-7-12(2)15(8-11)18(10-16(17)20)25(23,24)14-5-3-4-13(9-14)19(21)22/h3-9H,10H2,1-2H3. The number of benzene rings is 2. The van der Waals surface area contributed by atoms with Crippen LogP contribution in [-0.2, 0) is 14.8 Å². The van der Waals surface area contributed by atoms with Crippen LogP contribution in [0.2, 0.25) is 0 Å². The summed E-state index contributed by atoms with van der Waals surface area (Å²) in [7, 11) is -4.22. The van der Waals surface area contributed by atoms with E-state index in [1.54, 1.807) is 32.0 Å². The van der Waals surface area contributed by atoms with E-state index in [0.29, 0.717) is 11.3 Å². The van der Waals surface area contributed by atoms with Crippen LogP contribution in [0.15, 0.2) is 47.4 Å². The van der Waals surface area contributed by atoms with E-state index in [-0.39, 0.29) is 10.6 Å². The first-order valence-electron chi connectivity index (χ1n) is 7.15. The molecule has 0 saturated heterocycles. The lowest BCUT2D eigenvalue weighted by Gasteiger charge is -2.25. The number of aryl methyl sites for hydroxylation is 2. The Kier molecular flexibility index (Phi) is 5.44. The zero-order valence-corrected chi connectivity index (χ0v) is 15.0. The fraction of sp³-hybridized carbons (Fsp3) is 0.188. The van der Waals surface area contributed by atoms with Crippen LogP contribution in [0.4, 0.5) is 11.4 Å². The van der Waals surface area contributed by atoms with Gasteiger partial charge in [0, 0.05) is 12.1 Å². The highest BCUT2D eigenvalue weighted by atomic mass is 35.5. The van der Waals surface area contributed by atoms with Gasteiger partial charge >= 0.3 is 0 Å². The summed E-state index contributed by atoms with van der Waals surface area (Å²) < 4.78 is 26.9. The monoisotopic (exact) mass is 382 g/mol. The summed E-state index contributed by atoms with van der Waals surface area (Å²) in [5.41, 5.74) is 1.35. The average Bonchev–Trinajstić information content (AvgIpc) is 2.55. The Hall–Kier alpha value is -2.45. The van der Waals surface area contributed by atoms with Crippen LogP contribution in [0.5, 0.6) is 0 Å². The molecule has 0 saturated carbocycles. The first kappa shape index (κ1) is 18.9. The maximum Gasteiger partial charge on any atom is 0.270 e. The third-order valence-corrected chi connectivity index (χ3v) is 5.39. The van der Waals surface area contributed by atoms with Gasteiger partial charge in [-0.1, -0.05) is 18.2 Å². The number of rotatable bonds is 6. The second kappa shape index (κ2) is 7.20. The lowest BCUT2D eigenvalue weighted by atomic mass is 10.1. The largest absolute Gasteiger partial charge is 0.279 e. The van der Waals surface area contributed by atoms with Gasteiger partial charge in [0.05, 0.1) is 15.5 Å². The fourth-order valence-corrected chi connectivity index (χ4v) is 3.99. The van der Waals surface area contributed by atoms with E-state index in [2.05, 4.69) is 0 Å². The molecular formula is C16H15ClN2O5S. The Morgan fingerprint density at radius 3 is 2.48 bits per heavy atom. The van der Waals surface area contributed by atoms with Crippen LogP contribution in [0.3, 0.4) is 0 Å². The molecule has 0 unspecified atom stereocenters. The van der Waals surface area contributed by atoms with Crippen LogP contribution < -0.4 is 4.31 Å². The van der Waals surface area contributed by atoms with Gasteiger partial charge < -0.3 is 0 Å². The van der Waals surface area contributed by atoms with Gasteiger partial charge in [-0.3, -0.25) is 19.2 Å². The van der Waals surface area contributed by atoms with Crippen molar-refractivity contribution in [3.63, 3.8) is 0 Å². The molecule has 0 spiro atoms. The lowest BCUT2D eigenvalue weighted by molar-refractivity contribution is -0.385. The lowest BCUT2D eigenvalue weighted by Crippen LogP contribution is -2.35. The van der Waals surface area contributed by atoms with Crippen LogP contribution in [0.1, 0.15) is 11.1 Å². The summed E-state index contributed by atoms with van der Waals surface area (Å²) in [5.74, 6) is 0. The van der Waals surface area contributed by atoms with Crippen molar-refractivity contribution >= 4 is 38.2 Å². The van der Waals surface area contributed by atoms with Crippen molar-refractivity contribution in [3.8, 4) is 0 Å². The molecule has 0 radical (unpaired) electrons. The molecule has 0 fully saturated rings. The van der Waals surface area contributed by atoms with Crippen LogP contribution in [0, 0.1) is 24.0 Å². The van der Waals surface area contributed by atoms with Crippen LogP contribution in [-0.4, -0.2) is 25.1 Å². The molecule has 0 aliphatic carbocycles. The predicted molar refractivity (Wildman–Crippen MR) is 94.4 cm³/mol. The molecule has 2 aromatic carbocycles. The van der Waals surface area contributed by atoms with Gasteiger partial charge in [0.1, 0.15) is 6.54 Å². The van der Waals surface area contributed by atoms with E-state index in [9.17, 15) is 23.3 Å². The first-order valence-corrected chi connectivity index (χ1v) is 8.97. The highest BCUT2D eigenvalue weighted by Crippen LogP contribution is 2.29. The molecule has 0 amide bonds. The van der Waals surface area contributed by atoms with Gasteiger partial charge in [-0.2, -0.15) is 0 Å². The van der Waals surface area contributed by atoms with E-state index in [1.165, 1.54) is 18.2 Å². The summed E-state index contributed by atoms with van der Waals surface area (Å²) >= 11 is 5.44. The number of nitrogens with zero attached hydrogens (tertiary/aromatic N) is 2. The van der Waals surface area contributed by atoms with E-state index in [4.69, 9.17) is 11.6 Å². The highest BCUT2D eigenvalue weighted by molar-refractivity contribution is 7.92. The number of nitro groups is 1. The first-order chi connectivity index (χ1) is 11.6. The topological polar surface area (TPSA) is 97.6 Å². The summed E-state index contributed by atoms with van der Waals surface area (Å²) in [6, 6.07) is 9.79. The fourth-order valence-electron chi connectivity index (χ4n) is 2.29. The van der Waals surface area contributed by atoms with Crippen molar-refractivity contribution in [1.29, 1.82) is 0 Å². The molecule has 2 rings (SSSR count). The van der Waals surface area contributed by atoms with Crippen molar-refractivity contribution < 1.29 is 18.1 Å². The summed E-state index contributed by atoms with van der Waals surface area (Å²) in [6.45, 7) is 2.89. The number of carbonyl (C=O) groups is 1. The molecule has 0 atom stereocenters. The second-order valence-corrected chi connectivity index (χ2v) is 7.70. The third kappa shape index (κ3) is 4.15. The average molecular weight is 383 g/mol. The zero-order chi connectivity index (χ0) is 18.8. The second-order valence-electron chi connectivity index (χ2n) is 5.41. The smallest absolute Gasteiger partial charge is 0.270 e. The van der Waals surface area contributed by atoms with E-state index < -0.39 is 26.7 Å². The van der Waals surface area contributed by atoms with Gasteiger partial charge in [0.15, 0.2) is 0 Å². The van der Waals surface area contributed by atoms with Crippen LogP contribution >= 0.6 is 11.6 Å². The number of halogens is 1. The van der Waals surface area contributed by atoms with Crippen molar-refractivity contribution in [3.05, 3.63) is 63.7 Å². The predicted octanol–water partition coefficient (Wildman–Crippen LogP) is 3.17. The SMILES string of the molecule is Cc1ccc(C)c(N(CC(=O)Cl)S(=O)(=O)c2cccc([N+](=O)[O-])c2)c1. The molecule has 0 aromatic heterocycles. The van der Waals surface area contributed by atoms with E-state index >= 15 is 0 Å². The van der Waals surface area contributed by atoms with Crippen molar-refractivity contribution in [2.24, 2.45) is 0 Å². The number of non-ortho nitro benzene ring substituents is 1. The minimum absolute atomic E-state index is 0.291. The quantitative estimate of drug-likeness (QED) is 0.434. The molecule has 0 heterocycles. The van der Waals surface area contributed by atoms with Gasteiger partial charge in [0.2, 0.25) is 5.24 Å². The maximum absolute atomic E-state index is 13.0. The third-order valence-electron chi connectivity index (χ3n) is 3.52. The molecule has 9 heteroatoms. The Morgan fingerprint density at radius 1 is 1.20 bits per heavy atom. The van der Waals surface area contributed by atoms with Crippen molar-refractivity contribution in [1.82, 2.24) is 0 Å².